The zero-order valence-electron chi connectivity index (χ0n) is 13.4. The molecule has 150 valence electrons. The summed E-state index contributed by atoms with van der Waals surface area (Å²) in [6, 6.07) is 0. The van der Waals surface area contributed by atoms with Crippen LogP contribution in [0.1, 0.15) is 6.23 Å². The van der Waals surface area contributed by atoms with Crippen molar-refractivity contribution in [1.82, 2.24) is 19.5 Å². The van der Waals surface area contributed by atoms with E-state index in [2.05, 4.69) is 19.7 Å². The molecule has 6 unspecified atom stereocenters. The Bertz CT molecular complexity index is 905. The van der Waals surface area contributed by atoms with Gasteiger partial charge < -0.3 is 44.9 Å². The summed E-state index contributed by atoms with van der Waals surface area (Å²) in [5, 5.41) is 26.9. The summed E-state index contributed by atoms with van der Waals surface area (Å²) >= 11 is 0. The van der Waals surface area contributed by atoms with Crippen molar-refractivity contribution in [3.05, 3.63) is 12.7 Å². The Morgan fingerprint density at radius 1 is 1.33 bits per heavy atom. The Morgan fingerprint density at radius 2 is 2.04 bits per heavy atom. The van der Waals surface area contributed by atoms with Crippen molar-refractivity contribution in [1.29, 1.82) is 0 Å². The highest BCUT2D eigenvalue weighted by Gasteiger charge is 2.50. The van der Waals surface area contributed by atoms with Crippen molar-refractivity contribution in [3.63, 3.8) is 0 Å². The van der Waals surface area contributed by atoms with Gasteiger partial charge in [0.25, 0.3) is 0 Å². The van der Waals surface area contributed by atoms with Gasteiger partial charge in [0.1, 0.15) is 44.9 Å². The fourth-order valence-electron chi connectivity index (χ4n) is 2.58. The Morgan fingerprint density at radius 3 is 2.67 bits per heavy atom. The van der Waals surface area contributed by atoms with E-state index in [-0.39, 0.29) is 17.0 Å². The maximum Gasteiger partial charge on any atom is 0.391 e. The molecule has 0 aromatic carbocycles. The number of imidazole rings is 1. The van der Waals surface area contributed by atoms with Gasteiger partial charge in [-0.2, -0.15) is 0 Å². The van der Waals surface area contributed by atoms with Gasteiger partial charge in [0.2, 0.25) is 0 Å². The molecule has 1 fully saturated rings. The predicted molar refractivity (Wildman–Crippen MR) is 89.0 cm³/mol. The van der Waals surface area contributed by atoms with E-state index in [1.807, 2.05) is 0 Å². The van der Waals surface area contributed by atoms with Gasteiger partial charge in [0.05, 0.1) is 6.61 Å². The van der Waals surface area contributed by atoms with Crippen LogP contribution in [-0.2, 0) is 18.6 Å². The van der Waals surface area contributed by atoms with E-state index in [0.29, 0.717) is 0 Å². The van der Waals surface area contributed by atoms with Crippen molar-refractivity contribution in [2.75, 3.05) is 12.3 Å². The van der Waals surface area contributed by atoms with E-state index in [1.54, 1.807) is 0 Å². The zero-order valence-corrected chi connectivity index (χ0v) is 15.5. The summed E-state index contributed by atoms with van der Waals surface area (Å²) in [7, 11) is -7.70. The Labute approximate surface area is 151 Å². The van der Waals surface area contributed by atoms with Crippen molar-refractivity contribution < 1.29 is 43.7 Å². The smallest absolute Gasteiger partial charge is 0.387 e. The van der Waals surface area contributed by atoms with Crippen molar-refractivity contribution in [3.8, 4) is 0 Å². The Kier molecular flexibility index (Phi) is 5.38. The zero-order chi connectivity index (χ0) is 20.0. The Balaban J connectivity index is 1.82. The molecule has 0 amide bonds. The molecule has 7 N–H and O–H groups in total. The number of hydrogen-bond donors (Lipinski definition) is 6. The molecule has 1 aliphatic rings. The van der Waals surface area contributed by atoms with Crippen LogP contribution in [0.2, 0.25) is 0 Å². The average Bonchev–Trinajstić information content (AvgIpc) is 3.15. The van der Waals surface area contributed by atoms with Gasteiger partial charge in [-0.05, 0) is 0 Å². The lowest BCUT2D eigenvalue weighted by Gasteiger charge is -2.25. The molecule has 14 nitrogen and oxygen atoms in total. The first-order valence-corrected chi connectivity index (χ1v) is 10.1. The van der Waals surface area contributed by atoms with Crippen LogP contribution in [0.4, 0.5) is 5.82 Å². The van der Waals surface area contributed by atoms with Gasteiger partial charge in [0, 0.05) is 0 Å². The molecule has 27 heavy (non-hydrogen) atoms. The quantitative estimate of drug-likeness (QED) is 0.210. The van der Waals surface area contributed by atoms with Crippen molar-refractivity contribution in [2.24, 2.45) is 0 Å². The van der Waals surface area contributed by atoms with Gasteiger partial charge in [-0.3, -0.25) is 9.13 Å². The first-order chi connectivity index (χ1) is 12.6. The number of aliphatic hydroxyl groups excluding tert-OH is 2. The molecule has 0 radical (unpaired) electrons. The van der Waals surface area contributed by atoms with Gasteiger partial charge in [0.15, 0.2) is 17.7 Å². The molecule has 0 saturated carbocycles. The summed E-state index contributed by atoms with van der Waals surface area (Å²) in [4.78, 5) is 29.8. The molecular weight excluding hydrogens is 408 g/mol. The fourth-order valence-corrected chi connectivity index (χ4v) is 3.54. The van der Waals surface area contributed by atoms with Crippen LogP contribution >= 0.6 is 16.1 Å². The summed E-state index contributed by atoms with van der Waals surface area (Å²) in [5.74, 6) is 0.0494. The number of nitrogens with two attached hydrogens (primary N) is 1. The number of nitrogen functional groups attached to an aromatic ring is 1. The van der Waals surface area contributed by atoms with Crippen molar-refractivity contribution >= 4 is 33.0 Å². The third-order valence-electron chi connectivity index (χ3n) is 4.04. The highest BCUT2D eigenvalue weighted by Crippen LogP contribution is 2.55. The topological polar surface area (TPSA) is 223 Å². The second-order valence-corrected chi connectivity index (χ2v) is 8.99. The van der Waals surface area contributed by atoms with Crippen LogP contribution in [0.5, 0.6) is 0 Å². The second kappa shape index (κ2) is 7.17. The molecular formula is C11H17N5O9P2. The maximum absolute atomic E-state index is 11.2. The second-order valence-electron chi connectivity index (χ2n) is 5.76. The molecule has 0 bridgehead atoms. The van der Waals surface area contributed by atoms with Crippen LogP contribution < -0.4 is 5.73 Å². The molecule has 2 aromatic heterocycles. The number of aromatic nitrogens is 4. The number of rotatable bonds is 6. The molecule has 0 aliphatic carbocycles. The summed E-state index contributed by atoms with van der Waals surface area (Å²) in [5.41, 5.74) is 6.24. The lowest BCUT2D eigenvalue weighted by atomic mass is 10.1. The van der Waals surface area contributed by atoms with E-state index >= 15 is 0 Å². The maximum atomic E-state index is 11.2. The molecule has 16 heteroatoms. The van der Waals surface area contributed by atoms with E-state index in [9.17, 15) is 24.4 Å². The van der Waals surface area contributed by atoms with E-state index in [4.69, 9.17) is 20.3 Å². The van der Waals surface area contributed by atoms with Crippen LogP contribution in [0.3, 0.4) is 0 Å². The summed E-state index contributed by atoms with van der Waals surface area (Å²) in [6.07, 6.45) is -3.11. The van der Waals surface area contributed by atoms with E-state index < -0.39 is 52.5 Å². The highest BCUT2D eigenvalue weighted by atomic mass is 31.2. The predicted octanol–water partition coefficient (Wildman–Crippen LogP) is -2.42. The van der Waals surface area contributed by atoms with Crippen LogP contribution in [0, 0.1) is 0 Å². The minimum Gasteiger partial charge on any atom is -0.387 e. The van der Waals surface area contributed by atoms with Crippen LogP contribution in [-0.4, -0.2) is 74.8 Å². The number of aliphatic hydroxyl groups is 3. The van der Waals surface area contributed by atoms with Gasteiger partial charge in [-0.1, -0.05) is 0 Å². The molecule has 6 atom stereocenters. The third-order valence-corrected chi connectivity index (χ3v) is 6.80. The first-order valence-electron chi connectivity index (χ1n) is 7.42. The first kappa shape index (κ1) is 20.3. The third kappa shape index (κ3) is 3.51. The highest BCUT2D eigenvalue weighted by molar-refractivity contribution is 7.62. The van der Waals surface area contributed by atoms with Gasteiger partial charge >= 0.3 is 12.9 Å². The summed E-state index contributed by atoms with van der Waals surface area (Å²) in [6.45, 7) is -0.760. The molecule has 0 spiro atoms. The average molecular weight is 425 g/mol. The summed E-state index contributed by atoms with van der Waals surface area (Å²) < 4.78 is 33.7. The Hall–Kier alpha value is -1.47. The number of hydrogen-bond acceptors (Lipinski definition) is 11. The minimum absolute atomic E-state index is 0.0494. The SMILES string of the molecule is Nc1ncnc2ncn(C3OC(COC(O)([PH2]=O)P(=O)(O)O)C(O)C3O)c12. The monoisotopic (exact) mass is 425 g/mol. The number of fused-ring (bicyclic) bond motifs is 1. The number of anilines is 1. The van der Waals surface area contributed by atoms with Gasteiger partial charge in [-0.25, -0.2) is 15.0 Å². The number of nitrogens with zero attached hydrogens (tertiary/aromatic N) is 4. The van der Waals surface area contributed by atoms with Crippen LogP contribution in [0.15, 0.2) is 12.7 Å². The molecule has 2 aromatic rings. The molecule has 1 aliphatic heterocycles. The normalized spacial score (nSPS) is 28.9. The van der Waals surface area contributed by atoms with Crippen LogP contribution in [0.25, 0.3) is 11.2 Å². The van der Waals surface area contributed by atoms with E-state index in [1.165, 1.54) is 17.2 Å². The molecule has 3 rings (SSSR count). The minimum atomic E-state index is -5.27. The lowest BCUT2D eigenvalue weighted by molar-refractivity contribution is -0.135. The van der Waals surface area contributed by atoms with Gasteiger partial charge in [-0.15, -0.1) is 0 Å². The number of ether oxygens (including phenoxy) is 2. The van der Waals surface area contributed by atoms with E-state index in [0.717, 1.165) is 0 Å². The largest absolute Gasteiger partial charge is 0.391 e. The van der Waals surface area contributed by atoms with Crippen molar-refractivity contribution in [2.45, 2.75) is 29.8 Å². The standard InChI is InChI=1S/C11H17N5O9P2/c12-8-5-9(14-2-13-8)15-3-16(5)10-7(18)6(17)4(25-10)1-24-11(19,26-20)27(21,22)23/h2-4,6-7,10,17-19H,1,26H2,(H2,12,13,14)(H2,21,22,23). The molecule has 1 saturated heterocycles. The lowest BCUT2D eigenvalue weighted by Crippen LogP contribution is -2.37. The fraction of sp³-hybridized carbons (Fsp3) is 0.545. The molecule has 3 heterocycles.